The normalized spacial score (nSPS) is 11.5. The van der Waals surface area contributed by atoms with Gasteiger partial charge >= 0.3 is 6.09 Å². The molecule has 1 aromatic carbocycles. The van der Waals surface area contributed by atoms with Crippen LogP contribution in [0.15, 0.2) is 30.3 Å². The van der Waals surface area contributed by atoms with Gasteiger partial charge in [-0.3, -0.25) is 9.69 Å². The molecule has 0 aliphatic carbocycles. The number of carbonyl (C=O) groups excluding carboxylic acids is 2. The lowest BCUT2D eigenvalue weighted by molar-refractivity contribution is 0.0976. The number of imidazole rings is 1. The molecule has 36 heavy (non-hydrogen) atoms. The lowest BCUT2D eigenvalue weighted by atomic mass is 10.2. The van der Waals surface area contributed by atoms with Crippen LogP contribution in [-0.4, -0.2) is 54.4 Å². The van der Waals surface area contributed by atoms with Gasteiger partial charge in [0.2, 0.25) is 10.0 Å². The molecule has 0 aliphatic rings. The van der Waals surface area contributed by atoms with Gasteiger partial charge in [-0.15, -0.1) is 0 Å². The molecule has 3 aromatic rings. The van der Waals surface area contributed by atoms with Gasteiger partial charge < -0.3 is 9.30 Å². The zero-order valence-electron chi connectivity index (χ0n) is 20.7. The number of sulfonamides is 1. The number of benzene rings is 1. The molecular weight excluding hydrogens is 506 g/mol. The Morgan fingerprint density at radius 2 is 1.89 bits per heavy atom. The number of anilines is 1. The van der Waals surface area contributed by atoms with Gasteiger partial charge in [-0.05, 0) is 50.1 Å². The Balaban J connectivity index is 1.85. The maximum absolute atomic E-state index is 12.6. The number of halogens is 1. The van der Waals surface area contributed by atoms with E-state index < -0.39 is 22.0 Å². The highest BCUT2D eigenvalue weighted by atomic mass is 35.5. The molecule has 0 aliphatic heterocycles. The van der Waals surface area contributed by atoms with Gasteiger partial charge in [-0.25, -0.2) is 27.9 Å². The highest BCUT2D eigenvalue weighted by molar-refractivity contribution is 7.90. The Bertz CT molecular complexity index is 1370. The number of nitrogens with zero attached hydrogens (tertiary/aromatic N) is 4. The monoisotopic (exact) mass is 535 g/mol. The summed E-state index contributed by atoms with van der Waals surface area (Å²) in [7, 11) is -2.16. The average Bonchev–Trinajstić information content (AvgIpc) is 3.13. The first-order valence-corrected chi connectivity index (χ1v) is 13.7. The van der Waals surface area contributed by atoms with Gasteiger partial charge in [0.15, 0.2) is 5.65 Å². The summed E-state index contributed by atoms with van der Waals surface area (Å²) >= 11 is 6.52. The number of hydrogen-bond acceptors (Lipinski definition) is 7. The van der Waals surface area contributed by atoms with Crippen LogP contribution in [0.1, 0.15) is 55.0 Å². The third kappa shape index (κ3) is 6.52. The van der Waals surface area contributed by atoms with E-state index in [9.17, 15) is 18.0 Å². The van der Waals surface area contributed by atoms with E-state index in [0.29, 0.717) is 40.7 Å². The van der Waals surface area contributed by atoms with Crippen LogP contribution in [0, 0.1) is 6.92 Å². The molecule has 0 unspecified atom stereocenters. The maximum Gasteiger partial charge on any atom is 0.413 e. The molecule has 0 saturated heterocycles. The van der Waals surface area contributed by atoms with Crippen molar-refractivity contribution in [2.75, 3.05) is 24.3 Å². The molecular formula is C24H30ClN5O5S. The summed E-state index contributed by atoms with van der Waals surface area (Å²) in [5, 5.41) is 0.428. The zero-order valence-corrected chi connectivity index (χ0v) is 22.3. The number of unbranched alkanes of at least 4 members (excludes halogenated alkanes) is 2. The number of pyridine rings is 1. The molecule has 12 heteroatoms. The van der Waals surface area contributed by atoms with Crippen LogP contribution >= 0.6 is 11.6 Å². The second-order valence-corrected chi connectivity index (χ2v) is 10.5. The van der Waals surface area contributed by atoms with Crippen LogP contribution in [0.5, 0.6) is 0 Å². The second-order valence-electron chi connectivity index (χ2n) is 8.28. The molecule has 2 amide bonds. The molecule has 0 saturated carbocycles. The summed E-state index contributed by atoms with van der Waals surface area (Å²) in [4.78, 5) is 34.9. The molecule has 194 valence electrons. The van der Waals surface area contributed by atoms with E-state index in [1.54, 1.807) is 49.7 Å². The van der Waals surface area contributed by atoms with Gasteiger partial charge in [-0.2, -0.15) is 0 Å². The minimum Gasteiger partial charge on any atom is -0.449 e. The fourth-order valence-corrected chi connectivity index (χ4v) is 4.89. The number of hydrogen-bond donors (Lipinski definition) is 1. The van der Waals surface area contributed by atoms with Gasteiger partial charge in [0.25, 0.3) is 5.91 Å². The van der Waals surface area contributed by atoms with Gasteiger partial charge in [0.05, 0.1) is 18.9 Å². The molecule has 2 heterocycles. The summed E-state index contributed by atoms with van der Waals surface area (Å²) in [6, 6.07) is 8.28. The number of amides is 2. The first kappa shape index (κ1) is 27.4. The Hall–Kier alpha value is -3.18. The van der Waals surface area contributed by atoms with Gasteiger partial charge in [-0.1, -0.05) is 37.4 Å². The third-order valence-corrected chi connectivity index (χ3v) is 7.25. The van der Waals surface area contributed by atoms with Crippen LogP contribution in [0.4, 0.5) is 10.5 Å². The maximum atomic E-state index is 12.6. The Kier molecular flexibility index (Phi) is 8.91. The van der Waals surface area contributed by atoms with Crippen molar-refractivity contribution in [3.8, 4) is 0 Å². The lowest BCUT2D eigenvalue weighted by Gasteiger charge is -2.18. The van der Waals surface area contributed by atoms with Crippen molar-refractivity contribution in [3.63, 3.8) is 0 Å². The molecule has 3 rings (SSSR count). The van der Waals surface area contributed by atoms with Crippen molar-refractivity contribution in [2.45, 2.75) is 46.6 Å². The fourth-order valence-electron chi connectivity index (χ4n) is 3.59. The largest absolute Gasteiger partial charge is 0.449 e. The zero-order chi connectivity index (χ0) is 26.5. The van der Waals surface area contributed by atoms with Crippen molar-refractivity contribution in [3.05, 3.63) is 52.4 Å². The highest BCUT2D eigenvalue weighted by Gasteiger charge is 2.20. The van der Waals surface area contributed by atoms with Crippen LogP contribution in [0.2, 0.25) is 5.02 Å². The number of nitrogens with one attached hydrogen (secondary N) is 1. The highest BCUT2D eigenvalue weighted by Crippen LogP contribution is 2.26. The second kappa shape index (κ2) is 11.7. The van der Waals surface area contributed by atoms with Crippen LogP contribution in [-0.2, 0) is 21.3 Å². The number of ether oxygens (including phenoxy) is 1. The predicted molar refractivity (Wildman–Crippen MR) is 139 cm³/mol. The number of carbonyl (C=O) groups is 2. The van der Waals surface area contributed by atoms with Gasteiger partial charge in [0.1, 0.15) is 17.0 Å². The van der Waals surface area contributed by atoms with E-state index in [0.717, 1.165) is 18.4 Å². The van der Waals surface area contributed by atoms with E-state index in [4.69, 9.17) is 16.3 Å². The lowest BCUT2D eigenvalue weighted by Crippen LogP contribution is -2.33. The first-order valence-electron chi connectivity index (χ1n) is 11.6. The number of rotatable bonds is 10. The molecule has 0 bridgehead atoms. The first-order chi connectivity index (χ1) is 17.1. The summed E-state index contributed by atoms with van der Waals surface area (Å²) in [5.41, 5.74) is 2.28. The Labute approximate surface area is 215 Å². The minimum absolute atomic E-state index is 0.0276. The van der Waals surface area contributed by atoms with Crippen molar-refractivity contribution < 1.29 is 22.7 Å². The van der Waals surface area contributed by atoms with E-state index in [1.165, 1.54) is 11.0 Å². The molecule has 2 aromatic heterocycles. The van der Waals surface area contributed by atoms with Crippen LogP contribution in [0.3, 0.4) is 0 Å². The van der Waals surface area contributed by atoms with E-state index in [2.05, 4.69) is 14.7 Å². The Morgan fingerprint density at radius 3 is 2.56 bits per heavy atom. The van der Waals surface area contributed by atoms with Crippen molar-refractivity contribution in [1.29, 1.82) is 0 Å². The quantitative estimate of drug-likeness (QED) is 0.384. The van der Waals surface area contributed by atoms with Crippen LogP contribution < -0.4 is 9.62 Å². The molecule has 10 nitrogen and oxygen atoms in total. The summed E-state index contributed by atoms with van der Waals surface area (Å²) in [5.74, 6) is -0.264. The van der Waals surface area contributed by atoms with E-state index in [1.807, 2.05) is 6.92 Å². The van der Waals surface area contributed by atoms with E-state index >= 15 is 0 Å². The van der Waals surface area contributed by atoms with Gasteiger partial charge in [0, 0.05) is 17.8 Å². The average molecular weight is 536 g/mol. The fraction of sp³-hybridized carbons (Fsp3) is 0.417. The standard InChI is InChI=1S/C24H30ClN5O5S/c1-5-7-8-13-36(33,34)28-23(31)21-12-11-20-22(27-21)30(16(3)26-20)15-17-9-10-18(14-19(17)25)29(4)24(32)35-6-2/h9-12,14H,5-8,13,15H2,1-4H3,(H,28,31). The van der Waals surface area contributed by atoms with E-state index in [-0.39, 0.29) is 18.1 Å². The summed E-state index contributed by atoms with van der Waals surface area (Å²) in [6.07, 6.45) is 1.63. The Morgan fingerprint density at radius 1 is 1.14 bits per heavy atom. The third-order valence-electron chi connectivity index (χ3n) is 5.57. The SMILES string of the molecule is CCCCCS(=O)(=O)NC(=O)c1ccc2nc(C)n(Cc3ccc(N(C)C(=O)OCC)cc3Cl)c2n1. The minimum atomic E-state index is -3.75. The predicted octanol–water partition coefficient (Wildman–Crippen LogP) is 4.28. The molecule has 0 atom stereocenters. The smallest absolute Gasteiger partial charge is 0.413 e. The molecule has 1 N–H and O–H groups in total. The topological polar surface area (TPSA) is 123 Å². The molecule has 0 spiro atoms. The van der Waals surface area contributed by atoms with Crippen LogP contribution in [0.25, 0.3) is 11.2 Å². The van der Waals surface area contributed by atoms with Crippen molar-refractivity contribution >= 4 is 50.5 Å². The number of aromatic nitrogens is 3. The summed E-state index contributed by atoms with van der Waals surface area (Å²) in [6.45, 7) is 6.07. The number of aryl methyl sites for hydroxylation is 1. The number of fused-ring (bicyclic) bond motifs is 1. The van der Waals surface area contributed by atoms with Crippen molar-refractivity contribution in [2.24, 2.45) is 0 Å². The molecule has 0 fully saturated rings. The molecule has 0 radical (unpaired) electrons. The summed E-state index contributed by atoms with van der Waals surface area (Å²) < 4.78 is 33.4. The van der Waals surface area contributed by atoms with Crippen molar-refractivity contribution in [1.82, 2.24) is 19.3 Å².